The highest BCUT2D eigenvalue weighted by molar-refractivity contribution is 6.02. The predicted molar refractivity (Wildman–Crippen MR) is 107 cm³/mol. The molecule has 3 aromatic rings. The van der Waals surface area contributed by atoms with Crippen molar-refractivity contribution in [3.05, 3.63) is 81.3 Å². The molecule has 0 spiro atoms. The number of hydrogen-bond donors (Lipinski definition) is 1. The number of nitrogens with one attached hydrogen (secondary N) is 1. The van der Waals surface area contributed by atoms with Gasteiger partial charge < -0.3 is 19.2 Å². The van der Waals surface area contributed by atoms with E-state index in [4.69, 9.17) is 13.9 Å². The van der Waals surface area contributed by atoms with E-state index in [1.807, 2.05) is 32.0 Å². The van der Waals surface area contributed by atoms with Gasteiger partial charge in [-0.05, 0) is 49.2 Å². The summed E-state index contributed by atoms with van der Waals surface area (Å²) in [6, 6.07) is 12.9. The number of nitro benzene ring substituents is 1. The monoisotopic (exact) mass is 396 g/mol. The molecular formula is C21H20N2O6. The van der Waals surface area contributed by atoms with E-state index in [-0.39, 0.29) is 29.5 Å². The van der Waals surface area contributed by atoms with E-state index >= 15 is 0 Å². The number of anilines is 1. The third kappa shape index (κ3) is 4.92. The Balaban J connectivity index is 1.67. The second kappa shape index (κ2) is 8.47. The van der Waals surface area contributed by atoms with Gasteiger partial charge in [0.15, 0.2) is 5.76 Å². The normalized spacial score (nSPS) is 10.4. The summed E-state index contributed by atoms with van der Waals surface area (Å²) in [6.07, 6.45) is 0. The zero-order chi connectivity index (χ0) is 21.0. The molecule has 1 amide bonds. The number of benzene rings is 2. The van der Waals surface area contributed by atoms with Gasteiger partial charge in [-0.1, -0.05) is 6.07 Å². The lowest BCUT2D eigenvalue weighted by molar-refractivity contribution is -0.384. The molecule has 0 saturated carbocycles. The number of furan rings is 1. The maximum atomic E-state index is 12.4. The largest absolute Gasteiger partial charge is 0.496 e. The number of amides is 1. The first-order chi connectivity index (χ1) is 13.9. The SMILES string of the molecule is COc1cc(NC(=O)c2ccc(COc3ccc(C)c(C)c3)o2)cc([N+](=O)[O-])c1. The summed E-state index contributed by atoms with van der Waals surface area (Å²) in [7, 11) is 1.39. The second-order valence-corrected chi connectivity index (χ2v) is 6.43. The van der Waals surface area contributed by atoms with Gasteiger partial charge in [0.25, 0.3) is 11.6 Å². The third-order valence-corrected chi connectivity index (χ3v) is 4.34. The fourth-order valence-electron chi connectivity index (χ4n) is 2.61. The Morgan fingerprint density at radius 2 is 1.86 bits per heavy atom. The molecular weight excluding hydrogens is 376 g/mol. The van der Waals surface area contributed by atoms with Gasteiger partial charge >= 0.3 is 0 Å². The summed E-state index contributed by atoms with van der Waals surface area (Å²) in [5, 5.41) is 13.6. The van der Waals surface area contributed by atoms with Crippen molar-refractivity contribution in [2.45, 2.75) is 20.5 Å². The van der Waals surface area contributed by atoms with Gasteiger partial charge in [-0.2, -0.15) is 0 Å². The number of hydrogen-bond acceptors (Lipinski definition) is 6. The van der Waals surface area contributed by atoms with Crippen molar-refractivity contribution in [1.29, 1.82) is 0 Å². The van der Waals surface area contributed by atoms with E-state index in [9.17, 15) is 14.9 Å². The molecule has 1 heterocycles. The van der Waals surface area contributed by atoms with Crippen molar-refractivity contribution < 1.29 is 23.6 Å². The molecule has 8 nitrogen and oxygen atoms in total. The Morgan fingerprint density at radius 1 is 1.07 bits per heavy atom. The Hall–Kier alpha value is -3.81. The molecule has 150 valence electrons. The first-order valence-corrected chi connectivity index (χ1v) is 8.79. The molecule has 1 aromatic heterocycles. The van der Waals surface area contributed by atoms with Crippen LogP contribution in [0.15, 0.2) is 52.9 Å². The van der Waals surface area contributed by atoms with Gasteiger partial charge in [-0.15, -0.1) is 0 Å². The zero-order valence-corrected chi connectivity index (χ0v) is 16.2. The fourth-order valence-corrected chi connectivity index (χ4v) is 2.61. The van der Waals surface area contributed by atoms with Crippen molar-refractivity contribution in [3.8, 4) is 11.5 Å². The van der Waals surface area contributed by atoms with Crippen molar-refractivity contribution in [2.75, 3.05) is 12.4 Å². The quantitative estimate of drug-likeness (QED) is 0.461. The van der Waals surface area contributed by atoms with Crippen molar-refractivity contribution in [3.63, 3.8) is 0 Å². The summed E-state index contributed by atoms with van der Waals surface area (Å²) in [5.74, 6) is 0.972. The van der Waals surface area contributed by atoms with E-state index in [2.05, 4.69) is 5.32 Å². The van der Waals surface area contributed by atoms with Gasteiger partial charge in [-0.3, -0.25) is 14.9 Å². The third-order valence-electron chi connectivity index (χ3n) is 4.34. The highest BCUT2D eigenvalue weighted by Gasteiger charge is 2.16. The minimum Gasteiger partial charge on any atom is -0.496 e. The van der Waals surface area contributed by atoms with Crippen LogP contribution < -0.4 is 14.8 Å². The number of nitro groups is 1. The Morgan fingerprint density at radius 3 is 2.55 bits per heavy atom. The maximum Gasteiger partial charge on any atom is 0.291 e. The lowest BCUT2D eigenvalue weighted by Crippen LogP contribution is -2.11. The molecule has 0 aliphatic heterocycles. The van der Waals surface area contributed by atoms with Crippen molar-refractivity contribution in [2.24, 2.45) is 0 Å². The van der Waals surface area contributed by atoms with Crippen LogP contribution in [0.3, 0.4) is 0 Å². The molecule has 0 radical (unpaired) electrons. The molecule has 0 aliphatic rings. The Bertz CT molecular complexity index is 1060. The summed E-state index contributed by atoms with van der Waals surface area (Å²) in [4.78, 5) is 22.9. The predicted octanol–water partition coefficient (Wildman–Crippen LogP) is 4.64. The maximum absolute atomic E-state index is 12.4. The lowest BCUT2D eigenvalue weighted by Gasteiger charge is -2.07. The Kier molecular flexibility index (Phi) is 5.82. The molecule has 1 N–H and O–H groups in total. The second-order valence-electron chi connectivity index (χ2n) is 6.43. The number of non-ortho nitro benzene ring substituents is 1. The summed E-state index contributed by atoms with van der Waals surface area (Å²) >= 11 is 0. The van der Waals surface area contributed by atoms with Gasteiger partial charge in [0.1, 0.15) is 23.9 Å². The van der Waals surface area contributed by atoms with Crippen LogP contribution in [0.5, 0.6) is 11.5 Å². The molecule has 29 heavy (non-hydrogen) atoms. The number of aryl methyl sites for hydroxylation is 2. The minimum atomic E-state index is -0.562. The van der Waals surface area contributed by atoms with Crippen LogP contribution in [-0.2, 0) is 6.61 Å². The number of nitrogens with zero attached hydrogens (tertiary/aromatic N) is 1. The van der Waals surface area contributed by atoms with Gasteiger partial charge in [0.2, 0.25) is 0 Å². The standard InChI is InChI=1S/C21H20N2O6/c1-13-4-5-17(8-14(13)2)28-12-18-6-7-20(29-18)21(24)22-15-9-16(23(25)26)11-19(10-15)27-3/h4-11H,12H2,1-3H3,(H,22,24). The zero-order valence-electron chi connectivity index (χ0n) is 16.2. The summed E-state index contributed by atoms with van der Waals surface area (Å²) < 4.78 is 16.3. The van der Waals surface area contributed by atoms with E-state index in [1.165, 1.54) is 36.9 Å². The topological polar surface area (TPSA) is 104 Å². The Labute approximate surface area is 167 Å². The van der Waals surface area contributed by atoms with Crippen LogP contribution in [0, 0.1) is 24.0 Å². The van der Waals surface area contributed by atoms with Gasteiger partial charge in [-0.25, -0.2) is 0 Å². The van der Waals surface area contributed by atoms with Gasteiger partial charge in [0.05, 0.1) is 23.8 Å². The van der Waals surface area contributed by atoms with Crippen LogP contribution >= 0.6 is 0 Å². The molecule has 0 aliphatic carbocycles. The molecule has 0 saturated heterocycles. The van der Waals surface area contributed by atoms with Crippen LogP contribution in [-0.4, -0.2) is 17.9 Å². The number of ether oxygens (including phenoxy) is 2. The highest BCUT2D eigenvalue weighted by Crippen LogP contribution is 2.26. The highest BCUT2D eigenvalue weighted by atomic mass is 16.6. The van der Waals surface area contributed by atoms with Crippen LogP contribution in [0.4, 0.5) is 11.4 Å². The summed E-state index contributed by atoms with van der Waals surface area (Å²) in [6.45, 7) is 4.19. The van der Waals surface area contributed by atoms with Crippen molar-refractivity contribution >= 4 is 17.3 Å². The van der Waals surface area contributed by atoms with E-state index < -0.39 is 10.8 Å². The fraction of sp³-hybridized carbons (Fsp3) is 0.190. The van der Waals surface area contributed by atoms with E-state index in [0.717, 1.165) is 5.56 Å². The van der Waals surface area contributed by atoms with Crippen LogP contribution in [0.25, 0.3) is 0 Å². The average molecular weight is 396 g/mol. The molecule has 3 rings (SSSR count). The molecule has 0 unspecified atom stereocenters. The number of carbonyl (C=O) groups excluding carboxylic acids is 1. The summed E-state index contributed by atoms with van der Waals surface area (Å²) in [5.41, 5.74) is 2.33. The smallest absolute Gasteiger partial charge is 0.291 e. The first kappa shape index (κ1) is 19.9. The molecule has 0 bridgehead atoms. The van der Waals surface area contributed by atoms with Crippen LogP contribution in [0.2, 0.25) is 0 Å². The lowest BCUT2D eigenvalue weighted by atomic mass is 10.1. The minimum absolute atomic E-state index is 0.0640. The van der Waals surface area contributed by atoms with E-state index in [1.54, 1.807) is 6.07 Å². The molecule has 8 heteroatoms. The number of rotatable bonds is 7. The number of methoxy groups -OCH3 is 1. The van der Waals surface area contributed by atoms with Crippen molar-refractivity contribution in [1.82, 2.24) is 0 Å². The van der Waals surface area contributed by atoms with Gasteiger partial charge in [0, 0.05) is 12.1 Å². The number of carbonyl (C=O) groups is 1. The first-order valence-electron chi connectivity index (χ1n) is 8.79. The molecule has 0 atom stereocenters. The average Bonchev–Trinajstić information content (AvgIpc) is 3.17. The molecule has 2 aromatic carbocycles. The van der Waals surface area contributed by atoms with E-state index in [0.29, 0.717) is 11.5 Å². The molecule has 0 fully saturated rings. The van der Waals surface area contributed by atoms with Crippen LogP contribution in [0.1, 0.15) is 27.4 Å².